The number of allylic oxidation sites excluding steroid dienone is 1. The van der Waals surface area contributed by atoms with Gasteiger partial charge in [-0.3, -0.25) is 0 Å². The zero-order valence-corrected chi connectivity index (χ0v) is 10.9. The zero-order chi connectivity index (χ0) is 16.0. The second-order valence-corrected chi connectivity index (χ2v) is 3.76. The van der Waals surface area contributed by atoms with Gasteiger partial charge in [-0.05, 0) is 19.1 Å². The lowest BCUT2D eigenvalue weighted by atomic mass is 10.2. The molecule has 0 amide bonds. The van der Waals surface area contributed by atoms with Gasteiger partial charge in [0.15, 0.2) is 0 Å². The van der Waals surface area contributed by atoms with Gasteiger partial charge in [-0.15, -0.1) is 0 Å². The van der Waals surface area contributed by atoms with Crippen LogP contribution in [-0.4, -0.2) is 25.0 Å². The standard InChI is InChI=1S/C13H12F4N2O2/c1-2-21-12(20)8(7-18)11(13(15,16)17)19-10-6-4-3-5-9(10)14/h3-7,18-19H,2H2,1H3/b11-8+,18-7?. The average Bonchev–Trinajstić information content (AvgIpc) is 2.40. The normalized spacial score (nSPS) is 12.4. The molecule has 0 radical (unpaired) electrons. The molecule has 0 aliphatic rings. The average molecular weight is 304 g/mol. The van der Waals surface area contributed by atoms with Crippen LogP contribution in [0.3, 0.4) is 0 Å². The minimum absolute atomic E-state index is 0.152. The van der Waals surface area contributed by atoms with Gasteiger partial charge < -0.3 is 15.5 Å². The first kappa shape index (κ1) is 16.7. The van der Waals surface area contributed by atoms with Crippen LogP contribution in [0.5, 0.6) is 0 Å². The molecule has 1 aromatic rings. The van der Waals surface area contributed by atoms with Gasteiger partial charge in [0.05, 0.1) is 12.3 Å². The summed E-state index contributed by atoms with van der Waals surface area (Å²) in [5, 5.41) is 8.79. The summed E-state index contributed by atoms with van der Waals surface area (Å²) < 4.78 is 56.9. The predicted octanol–water partition coefficient (Wildman–Crippen LogP) is 3.27. The first-order chi connectivity index (χ1) is 9.81. The van der Waals surface area contributed by atoms with Crippen LogP contribution >= 0.6 is 0 Å². The lowest BCUT2D eigenvalue weighted by Gasteiger charge is -2.17. The van der Waals surface area contributed by atoms with E-state index in [1.54, 1.807) is 5.32 Å². The maximum atomic E-state index is 13.4. The predicted molar refractivity (Wildman–Crippen MR) is 68.5 cm³/mol. The van der Waals surface area contributed by atoms with Gasteiger partial charge in [0.1, 0.15) is 17.1 Å². The highest BCUT2D eigenvalue weighted by Crippen LogP contribution is 2.30. The molecule has 0 heterocycles. The number of para-hydroxylation sites is 1. The summed E-state index contributed by atoms with van der Waals surface area (Å²) in [6.45, 7) is 1.26. The van der Waals surface area contributed by atoms with Crippen molar-refractivity contribution in [1.29, 1.82) is 5.41 Å². The van der Waals surface area contributed by atoms with Gasteiger partial charge >= 0.3 is 12.1 Å². The zero-order valence-electron chi connectivity index (χ0n) is 10.9. The Morgan fingerprint density at radius 2 is 2.00 bits per heavy atom. The Morgan fingerprint density at radius 1 is 1.38 bits per heavy atom. The summed E-state index contributed by atoms with van der Waals surface area (Å²) in [5.41, 5.74) is -3.05. The van der Waals surface area contributed by atoms with Crippen molar-refractivity contribution in [3.8, 4) is 0 Å². The van der Waals surface area contributed by atoms with E-state index >= 15 is 0 Å². The summed E-state index contributed by atoms with van der Waals surface area (Å²) in [5.74, 6) is -2.24. The van der Waals surface area contributed by atoms with E-state index in [2.05, 4.69) is 4.74 Å². The van der Waals surface area contributed by atoms with E-state index in [9.17, 15) is 22.4 Å². The number of rotatable bonds is 5. The number of alkyl halides is 3. The molecule has 2 N–H and O–H groups in total. The Bertz CT molecular complexity index is 568. The third kappa shape index (κ3) is 4.30. The second kappa shape index (κ2) is 6.87. The minimum atomic E-state index is -4.98. The van der Waals surface area contributed by atoms with Crippen LogP contribution in [0.15, 0.2) is 35.5 Å². The molecule has 0 unspecified atom stereocenters. The van der Waals surface area contributed by atoms with Crippen molar-refractivity contribution in [3.63, 3.8) is 0 Å². The summed E-state index contributed by atoms with van der Waals surface area (Å²) in [7, 11) is 0. The van der Waals surface area contributed by atoms with Crippen molar-refractivity contribution in [1.82, 2.24) is 0 Å². The molecule has 0 spiro atoms. The first-order valence-electron chi connectivity index (χ1n) is 5.81. The second-order valence-electron chi connectivity index (χ2n) is 3.76. The van der Waals surface area contributed by atoms with Crippen LogP contribution in [0, 0.1) is 11.2 Å². The van der Waals surface area contributed by atoms with Gasteiger partial charge in [-0.1, -0.05) is 12.1 Å². The molecule has 0 fully saturated rings. The van der Waals surface area contributed by atoms with Crippen molar-refractivity contribution in [3.05, 3.63) is 41.4 Å². The fraction of sp³-hybridized carbons (Fsp3) is 0.231. The van der Waals surface area contributed by atoms with E-state index in [1.807, 2.05) is 0 Å². The molecule has 21 heavy (non-hydrogen) atoms. The summed E-state index contributed by atoms with van der Waals surface area (Å²) in [4.78, 5) is 11.5. The molecule has 4 nitrogen and oxygen atoms in total. The molecule has 0 saturated carbocycles. The molecule has 114 valence electrons. The van der Waals surface area contributed by atoms with Gasteiger partial charge in [0, 0.05) is 6.21 Å². The SMILES string of the molecule is CCOC(=O)/C(C=N)=C(/Nc1ccccc1F)C(F)(F)F. The van der Waals surface area contributed by atoms with Crippen molar-refractivity contribution in [2.75, 3.05) is 11.9 Å². The molecule has 0 aliphatic heterocycles. The number of hydrogen-bond donors (Lipinski definition) is 2. The highest BCUT2D eigenvalue weighted by atomic mass is 19.4. The third-order valence-electron chi connectivity index (χ3n) is 2.33. The van der Waals surface area contributed by atoms with Crippen LogP contribution in [0.25, 0.3) is 0 Å². The molecule has 0 atom stereocenters. The van der Waals surface area contributed by atoms with Crippen LogP contribution < -0.4 is 5.32 Å². The van der Waals surface area contributed by atoms with Gasteiger partial charge in [0.2, 0.25) is 0 Å². The minimum Gasteiger partial charge on any atom is -0.462 e. The summed E-state index contributed by atoms with van der Waals surface area (Å²) in [6.07, 6.45) is -4.77. The summed E-state index contributed by atoms with van der Waals surface area (Å²) in [6, 6.07) is 4.67. The summed E-state index contributed by atoms with van der Waals surface area (Å²) >= 11 is 0. The maximum absolute atomic E-state index is 13.4. The van der Waals surface area contributed by atoms with Crippen molar-refractivity contribution >= 4 is 17.9 Å². The number of hydrogen-bond acceptors (Lipinski definition) is 4. The highest BCUT2D eigenvalue weighted by Gasteiger charge is 2.39. The Balaban J connectivity index is 3.32. The monoisotopic (exact) mass is 304 g/mol. The smallest absolute Gasteiger partial charge is 0.432 e. The number of carbonyl (C=O) groups excluding carboxylic acids is 1. The number of benzene rings is 1. The maximum Gasteiger partial charge on any atom is 0.432 e. The van der Waals surface area contributed by atoms with E-state index in [-0.39, 0.29) is 12.8 Å². The molecule has 8 heteroatoms. The molecule has 0 bridgehead atoms. The number of carbonyl (C=O) groups is 1. The number of nitrogens with one attached hydrogen (secondary N) is 2. The van der Waals surface area contributed by atoms with Gasteiger partial charge in [0.25, 0.3) is 0 Å². The van der Waals surface area contributed by atoms with Crippen molar-refractivity contribution in [2.45, 2.75) is 13.1 Å². The largest absolute Gasteiger partial charge is 0.462 e. The lowest BCUT2D eigenvalue weighted by molar-refractivity contribution is -0.139. The Labute approximate surface area is 117 Å². The number of anilines is 1. The number of halogens is 4. The number of ether oxygens (including phenoxy) is 1. The van der Waals surface area contributed by atoms with Crippen LogP contribution in [0.4, 0.5) is 23.2 Å². The quantitative estimate of drug-likeness (QED) is 0.380. The van der Waals surface area contributed by atoms with Gasteiger partial charge in [-0.25, -0.2) is 9.18 Å². The molecule has 1 aromatic carbocycles. The third-order valence-corrected chi connectivity index (χ3v) is 2.33. The number of esters is 1. The molecular weight excluding hydrogens is 292 g/mol. The highest BCUT2D eigenvalue weighted by molar-refractivity contribution is 6.09. The van der Waals surface area contributed by atoms with E-state index in [1.165, 1.54) is 19.1 Å². The molecule has 0 saturated heterocycles. The molecule has 0 aliphatic carbocycles. The van der Waals surface area contributed by atoms with E-state index in [4.69, 9.17) is 5.41 Å². The molecule has 1 rings (SSSR count). The van der Waals surface area contributed by atoms with Gasteiger partial charge in [-0.2, -0.15) is 13.2 Å². The van der Waals surface area contributed by atoms with Crippen LogP contribution in [0.1, 0.15) is 6.92 Å². The Kier molecular flexibility index (Phi) is 5.45. The van der Waals surface area contributed by atoms with Crippen LogP contribution in [0.2, 0.25) is 0 Å². The Hall–Kier alpha value is -2.38. The first-order valence-corrected chi connectivity index (χ1v) is 5.81. The molecule has 0 aromatic heterocycles. The fourth-order valence-electron chi connectivity index (χ4n) is 1.43. The van der Waals surface area contributed by atoms with E-state index in [0.717, 1.165) is 12.1 Å². The van der Waals surface area contributed by atoms with Crippen LogP contribution in [-0.2, 0) is 9.53 Å². The lowest BCUT2D eigenvalue weighted by Crippen LogP contribution is -2.26. The fourth-order valence-corrected chi connectivity index (χ4v) is 1.43. The Morgan fingerprint density at radius 3 is 2.48 bits per heavy atom. The molecular formula is C13H12F4N2O2. The van der Waals surface area contributed by atoms with E-state index in [0.29, 0.717) is 0 Å². The van der Waals surface area contributed by atoms with Crippen molar-refractivity contribution < 1.29 is 27.1 Å². The van der Waals surface area contributed by atoms with E-state index < -0.39 is 34.9 Å². The topological polar surface area (TPSA) is 62.2 Å². The van der Waals surface area contributed by atoms with Crippen molar-refractivity contribution in [2.24, 2.45) is 0 Å².